The van der Waals surface area contributed by atoms with Crippen LogP contribution >= 0.6 is 0 Å². The summed E-state index contributed by atoms with van der Waals surface area (Å²) in [5.74, 6) is 1.90. The zero-order valence-corrected chi connectivity index (χ0v) is 13.1. The second-order valence-electron chi connectivity index (χ2n) is 5.52. The predicted molar refractivity (Wildman–Crippen MR) is 83.4 cm³/mol. The molecule has 22 heavy (non-hydrogen) atoms. The van der Waals surface area contributed by atoms with Crippen LogP contribution in [0.3, 0.4) is 0 Å². The third kappa shape index (κ3) is 2.16. The van der Waals surface area contributed by atoms with Crippen molar-refractivity contribution in [2.75, 3.05) is 14.2 Å². The van der Waals surface area contributed by atoms with Crippen molar-refractivity contribution >= 4 is 16.6 Å². The third-order valence-corrected chi connectivity index (χ3v) is 3.77. The van der Waals surface area contributed by atoms with Crippen molar-refractivity contribution in [3.05, 3.63) is 30.4 Å². The molecule has 6 heteroatoms. The lowest BCUT2D eigenvalue weighted by atomic mass is 10.1. The van der Waals surface area contributed by atoms with Crippen LogP contribution in [-0.4, -0.2) is 33.7 Å². The van der Waals surface area contributed by atoms with Gasteiger partial charge in [-0.05, 0) is 5.92 Å². The summed E-state index contributed by atoms with van der Waals surface area (Å²) in [4.78, 5) is 8.80. The maximum absolute atomic E-state index is 10.4. The van der Waals surface area contributed by atoms with Gasteiger partial charge in [-0.3, -0.25) is 9.38 Å². The number of hydrogen-bond donors (Lipinski definition) is 1. The van der Waals surface area contributed by atoms with Gasteiger partial charge in [-0.15, -0.1) is 0 Å². The van der Waals surface area contributed by atoms with Gasteiger partial charge in [0.1, 0.15) is 11.9 Å². The summed E-state index contributed by atoms with van der Waals surface area (Å²) in [5.41, 5.74) is 2.40. The number of aliphatic hydroxyl groups is 1. The van der Waals surface area contributed by atoms with Gasteiger partial charge in [0.05, 0.1) is 43.2 Å². The molecule has 1 aromatic carbocycles. The van der Waals surface area contributed by atoms with E-state index in [1.54, 1.807) is 26.6 Å². The molecule has 0 radical (unpaired) electrons. The number of methoxy groups -OCH3 is 2. The summed E-state index contributed by atoms with van der Waals surface area (Å²) < 4.78 is 12.6. The average Bonchev–Trinajstić information content (AvgIpc) is 2.96. The van der Waals surface area contributed by atoms with E-state index in [2.05, 4.69) is 9.97 Å². The van der Waals surface area contributed by atoms with E-state index in [0.29, 0.717) is 17.3 Å². The second kappa shape index (κ2) is 5.46. The number of hydrogen-bond acceptors (Lipinski definition) is 5. The summed E-state index contributed by atoms with van der Waals surface area (Å²) in [5, 5.41) is 10.4. The summed E-state index contributed by atoms with van der Waals surface area (Å²) in [6.45, 7) is 3.91. The van der Waals surface area contributed by atoms with E-state index >= 15 is 0 Å². The Morgan fingerprint density at radius 2 is 1.68 bits per heavy atom. The molecular formula is C16H19N3O3. The van der Waals surface area contributed by atoms with Crippen molar-refractivity contribution in [2.45, 2.75) is 20.0 Å². The van der Waals surface area contributed by atoms with E-state index in [1.807, 2.05) is 30.4 Å². The molecule has 0 saturated heterocycles. The molecule has 0 aliphatic rings. The number of nitrogens with zero attached hydrogens (tertiary/aromatic N) is 3. The van der Waals surface area contributed by atoms with Gasteiger partial charge >= 0.3 is 0 Å². The van der Waals surface area contributed by atoms with E-state index in [0.717, 1.165) is 16.6 Å². The molecule has 0 aliphatic heterocycles. The molecule has 3 rings (SSSR count). The first-order valence-corrected chi connectivity index (χ1v) is 7.13. The van der Waals surface area contributed by atoms with E-state index in [4.69, 9.17) is 9.47 Å². The number of fused-ring (bicyclic) bond motifs is 3. The third-order valence-electron chi connectivity index (χ3n) is 3.77. The molecule has 116 valence electrons. The molecule has 1 atom stereocenters. The van der Waals surface area contributed by atoms with Crippen molar-refractivity contribution in [1.29, 1.82) is 0 Å². The van der Waals surface area contributed by atoms with Crippen LogP contribution < -0.4 is 9.47 Å². The fourth-order valence-corrected chi connectivity index (χ4v) is 2.52. The van der Waals surface area contributed by atoms with E-state index in [9.17, 15) is 5.11 Å². The van der Waals surface area contributed by atoms with Crippen LogP contribution in [0.25, 0.3) is 16.6 Å². The zero-order chi connectivity index (χ0) is 15.9. The molecule has 0 amide bonds. The van der Waals surface area contributed by atoms with Crippen LogP contribution in [0.2, 0.25) is 0 Å². The molecule has 0 fully saturated rings. The smallest absolute Gasteiger partial charge is 0.163 e. The standard InChI is InChI=1S/C16H19N3O3/c1-9(2)15(20)16-18-8-10-7-17-11-5-13(21-3)14(22-4)6-12(11)19(10)16/h5-9,15,20H,1-4H3. The van der Waals surface area contributed by atoms with Gasteiger partial charge in [0.25, 0.3) is 0 Å². The van der Waals surface area contributed by atoms with Crippen molar-refractivity contribution in [2.24, 2.45) is 5.92 Å². The molecule has 6 nitrogen and oxygen atoms in total. The van der Waals surface area contributed by atoms with Gasteiger partial charge in [0.15, 0.2) is 11.5 Å². The number of ether oxygens (including phenoxy) is 2. The van der Waals surface area contributed by atoms with Crippen LogP contribution in [-0.2, 0) is 0 Å². The summed E-state index contributed by atoms with van der Waals surface area (Å²) in [6, 6.07) is 3.67. The molecule has 0 bridgehead atoms. The zero-order valence-electron chi connectivity index (χ0n) is 13.1. The highest BCUT2D eigenvalue weighted by molar-refractivity contribution is 5.82. The van der Waals surface area contributed by atoms with Gasteiger partial charge in [-0.1, -0.05) is 13.8 Å². The Bertz CT molecular complexity index is 826. The van der Waals surface area contributed by atoms with Crippen molar-refractivity contribution in [3.63, 3.8) is 0 Å². The molecule has 0 saturated carbocycles. The lowest BCUT2D eigenvalue weighted by Crippen LogP contribution is -2.10. The van der Waals surface area contributed by atoms with Crippen molar-refractivity contribution in [1.82, 2.24) is 14.4 Å². The Balaban J connectivity index is 2.35. The first-order valence-electron chi connectivity index (χ1n) is 7.13. The lowest BCUT2D eigenvalue weighted by Gasteiger charge is -2.15. The maximum atomic E-state index is 10.4. The average molecular weight is 301 g/mol. The minimum absolute atomic E-state index is 0.0639. The van der Waals surface area contributed by atoms with Gasteiger partial charge in [-0.2, -0.15) is 0 Å². The van der Waals surface area contributed by atoms with Gasteiger partial charge in [-0.25, -0.2) is 4.98 Å². The summed E-state index contributed by atoms with van der Waals surface area (Å²) in [6.07, 6.45) is 2.79. The van der Waals surface area contributed by atoms with Crippen LogP contribution in [0.5, 0.6) is 11.5 Å². The molecular weight excluding hydrogens is 282 g/mol. The molecule has 0 aliphatic carbocycles. The highest BCUT2D eigenvalue weighted by atomic mass is 16.5. The topological polar surface area (TPSA) is 68.9 Å². The SMILES string of the molecule is COc1cc2ncc3cnc(C(O)C(C)C)n3c2cc1OC. The Labute approximate surface area is 128 Å². The molecule has 0 spiro atoms. The molecule has 1 unspecified atom stereocenters. The number of aliphatic hydroxyl groups excluding tert-OH is 1. The number of imidazole rings is 1. The number of rotatable bonds is 4. The van der Waals surface area contributed by atoms with Gasteiger partial charge in [0, 0.05) is 12.1 Å². The van der Waals surface area contributed by atoms with E-state index < -0.39 is 6.10 Å². The predicted octanol–water partition coefficient (Wildman–Crippen LogP) is 2.59. The van der Waals surface area contributed by atoms with Crippen LogP contribution in [0.4, 0.5) is 0 Å². The Kier molecular flexibility index (Phi) is 3.62. The fraction of sp³-hybridized carbons (Fsp3) is 0.375. The fourth-order valence-electron chi connectivity index (χ4n) is 2.52. The lowest BCUT2D eigenvalue weighted by molar-refractivity contribution is 0.117. The summed E-state index contributed by atoms with van der Waals surface area (Å²) in [7, 11) is 3.18. The van der Waals surface area contributed by atoms with Crippen molar-refractivity contribution < 1.29 is 14.6 Å². The van der Waals surface area contributed by atoms with Crippen LogP contribution in [0.1, 0.15) is 25.8 Å². The number of aromatic nitrogens is 3. The molecule has 2 heterocycles. The normalized spacial score (nSPS) is 13.0. The van der Waals surface area contributed by atoms with Crippen LogP contribution in [0, 0.1) is 5.92 Å². The minimum atomic E-state index is -0.652. The quantitative estimate of drug-likeness (QED) is 0.802. The largest absolute Gasteiger partial charge is 0.493 e. The number of benzene rings is 1. The second-order valence-corrected chi connectivity index (χ2v) is 5.52. The Morgan fingerprint density at radius 1 is 1.05 bits per heavy atom. The first kappa shape index (κ1) is 14.6. The minimum Gasteiger partial charge on any atom is -0.493 e. The van der Waals surface area contributed by atoms with Crippen molar-refractivity contribution in [3.8, 4) is 11.5 Å². The van der Waals surface area contributed by atoms with Gasteiger partial charge < -0.3 is 14.6 Å². The molecule has 2 aromatic heterocycles. The summed E-state index contributed by atoms with van der Waals surface area (Å²) >= 11 is 0. The van der Waals surface area contributed by atoms with E-state index in [-0.39, 0.29) is 5.92 Å². The molecule has 3 aromatic rings. The van der Waals surface area contributed by atoms with Crippen LogP contribution in [0.15, 0.2) is 24.5 Å². The molecule has 1 N–H and O–H groups in total. The van der Waals surface area contributed by atoms with Gasteiger partial charge in [0.2, 0.25) is 0 Å². The first-order chi connectivity index (χ1) is 10.6. The maximum Gasteiger partial charge on any atom is 0.163 e. The van der Waals surface area contributed by atoms with E-state index in [1.165, 1.54) is 0 Å². The monoisotopic (exact) mass is 301 g/mol. The Morgan fingerprint density at radius 3 is 2.32 bits per heavy atom. The highest BCUT2D eigenvalue weighted by Gasteiger charge is 2.20. The Hall–Kier alpha value is -2.34. The highest BCUT2D eigenvalue weighted by Crippen LogP contribution is 2.33.